The van der Waals surface area contributed by atoms with E-state index in [2.05, 4.69) is 21.3 Å². The molecule has 0 aromatic heterocycles. The van der Waals surface area contributed by atoms with Gasteiger partial charge in [-0.2, -0.15) is 0 Å². The molecule has 1 heterocycles. The first-order valence-electron chi connectivity index (χ1n) is 19.2. The van der Waals surface area contributed by atoms with Crippen molar-refractivity contribution >= 4 is 53.7 Å². The molecular formula is C37H67N11O9. The predicted molar refractivity (Wildman–Crippen MR) is 212 cm³/mol. The Morgan fingerprint density at radius 2 is 1.19 bits per heavy atom. The molecule has 1 rings (SSSR count). The lowest BCUT2D eigenvalue weighted by atomic mass is 10.0. The van der Waals surface area contributed by atoms with Crippen LogP contribution in [0.5, 0.6) is 0 Å². The minimum atomic E-state index is -1.29. The first kappa shape index (κ1) is 50.2. The molecule has 13 amide bonds. The van der Waals surface area contributed by atoms with Crippen LogP contribution in [0.4, 0.5) is 19.2 Å². The predicted octanol–water partition coefficient (Wildman–Crippen LogP) is 0.834. The van der Waals surface area contributed by atoms with E-state index >= 15 is 0 Å². The molecule has 0 bridgehead atoms. The second-order valence-corrected chi connectivity index (χ2v) is 16.3. The van der Waals surface area contributed by atoms with Crippen molar-refractivity contribution in [1.82, 2.24) is 56.0 Å². The van der Waals surface area contributed by atoms with Crippen LogP contribution in [0.3, 0.4) is 0 Å². The summed E-state index contributed by atoms with van der Waals surface area (Å²) < 4.78 is 0. The quantitative estimate of drug-likeness (QED) is 0.252. The van der Waals surface area contributed by atoms with E-state index in [1.807, 2.05) is 51.8 Å². The SMILES string of the molecule is CC(C)C[C@@H]1C(=O)N(C)C(=O)N(C)C(C(C)C)C(=O)N(C)C(=O)NC(=O)N(C)CC(=O)NCC(=O)NC(C(C)C)N(C)[C@H](CC(C)C)NC(C)C(=O)NC(=O)N1C. The summed E-state index contributed by atoms with van der Waals surface area (Å²) in [6, 6.07) is -7.38. The van der Waals surface area contributed by atoms with Crippen LogP contribution in [-0.2, 0) is 24.0 Å². The Kier molecular flexibility index (Phi) is 19.5. The molecule has 0 aromatic rings. The van der Waals surface area contributed by atoms with E-state index in [0.717, 1.165) is 26.6 Å². The molecule has 1 aliphatic heterocycles. The minimum Gasteiger partial charge on any atom is -0.345 e. The van der Waals surface area contributed by atoms with E-state index in [-0.39, 0.29) is 24.2 Å². The number of nitrogens with one attached hydrogen (secondary N) is 5. The molecule has 0 aliphatic carbocycles. The zero-order valence-corrected chi connectivity index (χ0v) is 36.4. The molecule has 1 aliphatic rings. The monoisotopic (exact) mass is 810 g/mol. The van der Waals surface area contributed by atoms with Gasteiger partial charge in [0.25, 0.3) is 11.8 Å². The van der Waals surface area contributed by atoms with Gasteiger partial charge in [0.15, 0.2) is 0 Å². The van der Waals surface area contributed by atoms with Crippen molar-refractivity contribution in [1.29, 1.82) is 0 Å². The molecule has 0 radical (unpaired) electrons. The highest BCUT2D eigenvalue weighted by molar-refractivity contribution is 6.05. The summed E-state index contributed by atoms with van der Waals surface area (Å²) in [5.74, 6) is -4.31. The van der Waals surface area contributed by atoms with E-state index in [1.54, 1.807) is 27.8 Å². The zero-order valence-electron chi connectivity index (χ0n) is 36.4. The van der Waals surface area contributed by atoms with E-state index < -0.39 is 103 Å². The number of imide groups is 4. The number of carbonyl (C=O) groups is 9. The molecule has 1 fully saturated rings. The van der Waals surface area contributed by atoms with Crippen molar-refractivity contribution in [2.75, 3.05) is 55.4 Å². The van der Waals surface area contributed by atoms with Gasteiger partial charge in [-0.3, -0.25) is 54.6 Å². The van der Waals surface area contributed by atoms with Crippen LogP contribution >= 0.6 is 0 Å². The fourth-order valence-corrected chi connectivity index (χ4v) is 6.29. The number of hydrogen-bond donors (Lipinski definition) is 5. The molecule has 0 aromatic carbocycles. The second-order valence-electron chi connectivity index (χ2n) is 16.3. The maximum absolute atomic E-state index is 14.0. The molecule has 5 N–H and O–H groups in total. The average Bonchev–Trinajstić information content (AvgIpc) is 3.11. The normalized spacial score (nSPS) is 25.1. The minimum absolute atomic E-state index is 0.120. The molecule has 3 unspecified atom stereocenters. The number of carbonyl (C=O) groups excluding carboxylic acids is 9. The molecule has 324 valence electrons. The van der Waals surface area contributed by atoms with Crippen LogP contribution < -0.4 is 26.6 Å². The van der Waals surface area contributed by atoms with E-state index in [4.69, 9.17) is 0 Å². The number of urea groups is 4. The summed E-state index contributed by atoms with van der Waals surface area (Å²) in [5.41, 5.74) is 0. The third kappa shape index (κ3) is 14.6. The number of hydrogen-bond acceptors (Lipinski definition) is 11. The maximum Gasteiger partial charge on any atom is 0.331 e. The van der Waals surface area contributed by atoms with Gasteiger partial charge in [-0.25, -0.2) is 19.2 Å². The number of amides is 13. The molecule has 5 atom stereocenters. The van der Waals surface area contributed by atoms with Crippen molar-refractivity contribution in [3.8, 4) is 0 Å². The first-order valence-corrected chi connectivity index (χ1v) is 19.2. The van der Waals surface area contributed by atoms with E-state index in [0.29, 0.717) is 11.3 Å². The highest BCUT2D eigenvalue weighted by atomic mass is 16.2. The summed E-state index contributed by atoms with van der Waals surface area (Å²) in [5, 5.41) is 13.0. The van der Waals surface area contributed by atoms with E-state index in [9.17, 15) is 43.2 Å². The number of rotatable bonds is 6. The van der Waals surface area contributed by atoms with Crippen LogP contribution in [0.2, 0.25) is 0 Å². The van der Waals surface area contributed by atoms with Gasteiger partial charge in [-0.1, -0.05) is 55.4 Å². The van der Waals surface area contributed by atoms with Crippen molar-refractivity contribution in [3.05, 3.63) is 0 Å². The van der Waals surface area contributed by atoms with Gasteiger partial charge < -0.3 is 25.3 Å². The van der Waals surface area contributed by atoms with Crippen molar-refractivity contribution in [2.24, 2.45) is 23.7 Å². The first-order chi connectivity index (χ1) is 26.2. The van der Waals surface area contributed by atoms with E-state index in [1.165, 1.54) is 28.2 Å². The lowest BCUT2D eigenvalue weighted by Crippen LogP contribution is -2.62. The largest absolute Gasteiger partial charge is 0.345 e. The van der Waals surface area contributed by atoms with Crippen molar-refractivity contribution < 1.29 is 43.2 Å². The smallest absolute Gasteiger partial charge is 0.331 e. The molecular weight excluding hydrogens is 742 g/mol. The Morgan fingerprint density at radius 3 is 1.70 bits per heavy atom. The van der Waals surface area contributed by atoms with Crippen molar-refractivity contribution in [3.63, 3.8) is 0 Å². The summed E-state index contributed by atoms with van der Waals surface area (Å²) >= 11 is 0. The molecule has 20 nitrogen and oxygen atoms in total. The average molecular weight is 810 g/mol. The Balaban J connectivity index is 3.69. The molecule has 57 heavy (non-hydrogen) atoms. The molecule has 1 saturated heterocycles. The van der Waals surface area contributed by atoms with Crippen LogP contribution in [0, 0.1) is 23.7 Å². The Labute approximate surface area is 337 Å². The van der Waals surface area contributed by atoms with Gasteiger partial charge in [0, 0.05) is 35.2 Å². The molecule has 0 saturated carbocycles. The Morgan fingerprint density at radius 1 is 0.632 bits per heavy atom. The van der Waals surface area contributed by atoms with Gasteiger partial charge in [0.1, 0.15) is 18.6 Å². The van der Waals surface area contributed by atoms with Crippen LogP contribution in [0.1, 0.15) is 75.2 Å². The highest BCUT2D eigenvalue weighted by Crippen LogP contribution is 2.19. The van der Waals surface area contributed by atoms with Crippen LogP contribution in [0.25, 0.3) is 0 Å². The topological polar surface area (TPSA) is 233 Å². The third-order valence-electron chi connectivity index (χ3n) is 9.64. The lowest BCUT2D eigenvalue weighted by Gasteiger charge is -2.40. The Hall–Kier alpha value is -4.85. The fourth-order valence-electron chi connectivity index (χ4n) is 6.29. The molecule has 0 spiro atoms. The Bertz CT molecular complexity index is 1490. The van der Waals surface area contributed by atoms with Gasteiger partial charge >= 0.3 is 24.1 Å². The summed E-state index contributed by atoms with van der Waals surface area (Å²) in [6.07, 6.45) is -0.402. The number of likely N-dealkylation sites (N-methyl/N-ethyl adjacent to an activating group) is 5. The van der Waals surface area contributed by atoms with Gasteiger partial charge in [-0.15, -0.1) is 0 Å². The second kappa shape index (κ2) is 22.2. The summed E-state index contributed by atoms with van der Waals surface area (Å²) in [6.45, 7) is 15.3. The van der Waals surface area contributed by atoms with Crippen LogP contribution in [0.15, 0.2) is 0 Å². The molecule has 20 heteroatoms. The summed E-state index contributed by atoms with van der Waals surface area (Å²) in [7, 11) is 7.93. The third-order valence-corrected chi connectivity index (χ3v) is 9.64. The summed E-state index contributed by atoms with van der Waals surface area (Å²) in [4.78, 5) is 126. The van der Waals surface area contributed by atoms with Gasteiger partial charge in [-0.05, 0) is 50.5 Å². The highest BCUT2D eigenvalue weighted by Gasteiger charge is 2.40. The maximum atomic E-state index is 14.0. The number of nitrogens with zero attached hydrogens (tertiary/aromatic N) is 6. The van der Waals surface area contributed by atoms with Crippen LogP contribution in [-0.4, -0.2) is 169 Å². The zero-order chi connectivity index (χ0) is 44.2. The van der Waals surface area contributed by atoms with Gasteiger partial charge in [0.2, 0.25) is 17.7 Å². The van der Waals surface area contributed by atoms with Gasteiger partial charge in [0.05, 0.1) is 24.9 Å². The lowest BCUT2D eigenvalue weighted by molar-refractivity contribution is -0.136. The fraction of sp³-hybridized carbons (Fsp3) is 0.757. The standard InChI is InChI=1S/C37H67N11O9/c1-20(2)16-25-32(52)48(15)37(57)46(13)29(22(5)6)33(53)47(14)36(56)42-34(54)43(10)19-28(50)38-18-27(49)40-30(23(7)8)45(12)26(17-21(3)4)39-24(9)31(51)41-35(55)44(25)11/h20-26,29-30,39H,16-19H2,1-15H3,(H,38,50)(H,40,49)(H,41,51,55)(H,42,54,56)/t24?,25-,26-,29?,30?/m1/s1. The van der Waals surface area contributed by atoms with Crippen molar-refractivity contribution in [2.45, 2.75) is 106 Å².